The van der Waals surface area contributed by atoms with Gasteiger partial charge in [-0.3, -0.25) is 0 Å². The first-order chi connectivity index (χ1) is 10.5. The number of nitrogens with one attached hydrogen (secondary N) is 1. The summed E-state index contributed by atoms with van der Waals surface area (Å²) in [5, 5.41) is 11.5. The van der Waals surface area contributed by atoms with Crippen LogP contribution in [0.5, 0.6) is 0 Å². The fraction of sp³-hybridized carbons (Fsp3) is 0.286. The van der Waals surface area contributed by atoms with E-state index in [1.165, 1.54) is 23.5 Å². The van der Waals surface area contributed by atoms with Gasteiger partial charge in [-0.25, -0.2) is 22.5 Å². The van der Waals surface area contributed by atoms with Crippen LogP contribution in [0.15, 0.2) is 34.7 Å². The summed E-state index contributed by atoms with van der Waals surface area (Å²) in [7, 11) is -4.00. The SMILES string of the molecule is N#Cc1c(F)cccc1S(=O)(=O)NC(c1nccs1)C1CC1. The molecule has 2 aromatic rings. The summed E-state index contributed by atoms with van der Waals surface area (Å²) in [6, 6.07) is 4.76. The first kappa shape index (κ1) is 15.1. The van der Waals surface area contributed by atoms with Gasteiger partial charge in [0.15, 0.2) is 0 Å². The molecule has 3 rings (SSSR count). The Morgan fingerprint density at radius 1 is 1.45 bits per heavy atom. The number of nitrogens with zero attached hydrogens (tertiary/aromatic N) is 2. The molecule has 0 spiro atoms. The van der Waals surface area contributed by atoms with Gasteiger partial charge < -0.3 is 0 Å². The van der Waals surface area contributed by atoms with Gasteiger partial charge in [0, 0.05) is 11.6 Å². The van der Waals surface area contributed by atoms with Gasteiger partial charge in [-0.2, -0.15) is 5.26 Å². The van der Waals surface area contributed by atoms with Gasteiger partial charge in [0.2, 0.25) is 10.0 Å². The summed E-state index contributed by atoms with van der Waals surface area (Å²) >= 11 is 1.37. The Bertz CT molecular complexity index is 824. The van der Waals surface area contributed by atoms with Gasteiger partial charge in [0.25, 0.3) is 0 Å². The van der Waals surface area contributed by atoms with Crippen molar-refractivity contribution in [2.45, 2.75) is 23.8 Å². The van der Waals surface area contributed by atoms with Crippen LogP contribution in [-0.2, 0) is 10.0 Å². The average molecular weight is 337 g/mol. The average Bonchev–Trinajstić information content (AvgIpc) is 3.19. The summed E-state index contributed by atoms with van der Waals surface area (Å²) in [6.07, 6.45) is 3.45. The number of rotatable bonds is 5. The van der Waals surface area contributed by atoms with E-state index in [9.17, 15) is 12.8 Å². The lowest BCUT2D eigenvalue weighted by Crippen LogP contribution is -2.30. The third-order valence-corrected chi connectivity index (χ3v) is 5.81. The lowest BCUT2D eigenvalue weighted by atomic mass is 10.2. The molecular formula is C14H12FN3O2S2. The highest BCUT2D eigenvalue weighted by atomic mass is 32.2. The molecule has 1 aromatic heterocycles. The van der Waals surface area contributed by atoms with E-state index in [0.717, 1.165) is 18.9 Å². The standard InChI is InChI=1S/C14H12FN3O2S2/c15-11-2-1-3-12(10(11)8-16)22(19,20)18-13(9-4-5-9)14-17-6-7-21-14/h1-3,6-7,9,13,18H,4-5H2. The molecule has 22 heavy (non-hydrogen) atoms. The van der Waals surface area contributed by atoms with Gasteiger partial charge in [-0.1, -0.05) is 6.07 Å². The number of hydrogen-bond acceptors (Lipinski definition) is 5. The predicted molar refractivity (Wildman–Crippen MR) is 79.0 cm³/mol. The molecule has 1 N–H and O–H groups in total. The van der Waals surface area contributed by atoms with Crippen LogP contribution >= 0.6 is 11.3 Å². The highest BCUT2D eigenvalue weighted by Crippen LogP contribution is 2.42. The minimum atomic E-state index is -4.00. The number of nitriles is 1. The molecule has 0 saturated heterocycles. The Morgan fingerprint density at radius 3 is 2.82 bits per heavy atom. The maximum Gasteiger partial charge on any atom is 0.242 e. The predicted octanol–water partition coefficient (Wildman–Crippen LogP) is 2.58. The number of hydrogen-bond donors (Lipinski definition) is 1. The topological polar surface area (TPSA) is 82.8 Å². The maximum absolute atomic E-state index is 13.6. The van der Waals surface area contributed by atoms with E-state index >= 15 is 0 Å². The summed E-state index contributed by atoms with van der Waals surface area (Å²) in [4.78, 5) is 3.83. The molecule has 1 aromatic carbocycles. The number of aromatic nitrogens is 1. The van der Waals surface area contributed by atoms with Gasteiger partial charge >= 0.3 is 0 Å². The number of sulfonamides is 1. The van der Waals surface area contributed by atoms with Crippen molar-refractivity contribution in [3.63, 3.8) is 0 Å². The number of halogens is 1. The first-order valence-corrected chi connectivity index (χ1v) is 8.99. The van der Waals surface area contributed by atoms with Crippen LogP contribution in [-0.4, -0.2) is 13.4 Å². The van der Waals surface area contributed by atoms with Crippen molar-refractivity contribution in [3.05, 3.63) is 46.2 Å². The molecule has 114 valence electrons. The fourth-order valence-corrected chi connectivity index (χ4v) is 4.52. The van der Waals surface area contributed by atoms with Crippen LogP contribution in [0, 0.1) is 23.1 Å². The number of benzene rings is 1. The third-order valence-electron chi connectivity index (χ3n) is 3.47. The molecule has 0 aliphatic heterocycles. The lowest BCUT2D eigenvalue weighted by molar-refractivity contribution is 0.526. The van der Waals surface area contributed by atoms with E-state index in [1.807, 2.05) is 0 Å². The summed E-state index contributed by atoms with van der Waals surface area (Å²) in [5.41, 5.74) is -0.469. The molecule has 8 heteroatoms. The van der Waals surface area contributed by atoms with Gasteiger partial charge in [-0.15, -0.1) is 11.3 Å². The van der Waals surface area contributed by atoms with Crippen LogP contribution in [0.4, 0.5) is 4.39 Å². The molecule has 1 aliphatic rings. The second-order valence-electron chi connectivity index (χ2n) is 5.03. The summed E-state index contributed by atoms with van der Waals surface area (Å²) in [6.45, 7) is 0. The highest BCUT2D eigenvalue weighted by molar-refractivity contribution is 7.89. The van der Waals surface area contributed by atoms with Crippen molar-refractivity contribution < 1.29 is 12.8 Å². The van der Waals surface area contributed by atoms with Gasteiger partial charge in [-0.05, 0) is 30.9 Å². The molecule has 1 heterocycles. The van der Waals surface area contributed by atoms with Crippen molar-refractivity contribution in [2.24, 2.45) is 5.92 Å². The van der Waals surface area contributed by atoms with E-state index in [4.69, 9.17) is 5.26 Å². The minimum Gasteiger partial charge on any atom is -0.248 e. The van der Waals surface area contributed by atoms with E-state index in [0.29, 0.717) is 5.01 Å². The van der Waals surface area contributed by atoms with Crippen LogP contribution in [0.1, 0.15) is 29.5 Å². The van der Waals surface area contributed by atoms with Gasteiger partial charge in [0.05, 0.1) is 6.04 Å². The van der Waals surface area contributed by atoms with Crippen LogP contribution in [0.25, 0.3) is 0 Å². The second-order valence-corrected chi connectivity index (χ2v) is 7.64. The molecule has 0 amide bonds. The van der Waals surface area contributed by atoms with Crippen molar-refractivity contribution in [1.29, 1.82) is 5.26 Å². The fourth-order valence-electron chi connectivity index (χ4n) is 2.23. The van der Waals surface area contributed by atoms with Crippen molar-refractivity contribution >= 4 is 21.4 Å². The minimum absolute atomic E-state index is 0.194. The Hall–Kier alpha value is -1.82. The van der Waals surface area contributed by atoms with Gasteiger partial charge in [0.1, 0.15) is 27.4 Å². The first-order valence-electron chi connectivity index (χ1n) is 6.63. The van der Waals surface area contributed by atoms with E-state index in [-0.39, 0.29) is 10.8 Å². The Balaban J connectivity index is 1.97. The van der Waals surface area contributed by atoms with Crippen molar-refractivity contribution in [1.82, 2.24) is 9.71 Å². The summed E-state index contributed by atoms with van der Waals surface area (Å²) < 4.78 is 41.3. The molecule has 0 bridgehead atoms. The van der Waals surface area contributed by atoms with E-state index in [2.05, 4.69) is 9.71 Å². The van der Waals surface area contributed by atoms with E-state index in [1.54, 1.807) is 17.6 Å². The monoisotopic (exact) mass is 337 g/mol. The molecule has 1 aliphatic carbocycles. The van der Waals surface area contributed by atoms with E-state index < -0.39 is 27.4 Å². The Morgan fingerprint density at radius 2 is 2.23 bits per heavy atom. The molecule has 1 saturated carbocycles. The number of thiazole rings is 1. The zero-order valence-corrected chi connectivity index (χ0v) is 13.0. The molecule has 1 atom stereocenters. The maximum atomic E-state index is 13.6. The summed E-state index contributed by atoms with van der Waals surface area (Å²) in [5.74, 6) is -0.650. The second kappa shape index (κ2) is 5.76. The molecule has 0 radical (unpaired) electrons. The Kier molecular flexibility index (Phi) is 3.95. The molecule has 1 unspecified atom stereocenters. The zero-order chi connectivity index (χ0) is 15.7. The molecular weight excluding hydrogens is 325 g/mol. The van der Waals surface area contributed by atoms with Crippen molar-refractivity contribution in [2.75, 3.05) is 0 Å². The quantitative estimate of drug-likeness (QED) is 0.909. The lowest BCUT2D eigenvalue weighted by Gasteiger charge is -2.16. The molecule has 1 fully saturated rings. The van der Waals surface area contributed by atoms with Crippen LogP contribution in [0.3, 0.4) is 0 Å². The Labute approximate surface area is 131 Å². The molecule has 5 nitrogen and oxygen atoms in total. The largest absolute Gasteiger partial charge is 0.248 e. The van der Waals surface area contributed by atoms with Crippen molar-refractivity contribution in [3.8, 4) is 6.07 Å². The third kappa shape index (κ3) is 2.88. The smallest absolute Gasteiger partial charge is 0.242 e. The zero-order valence-electron chi connectivity index (χ0n) is 11.4. The van der Waals surface area contributed by atoms with Crippen LogP contribution < -0.4 is 4.72 Å². The van der Waals surface area contributed by atoms with Crippen LogP contribution in [0.2, 0.25) is 0 Å². The highest BCUT2D eigenvalue weighted by Gasteiger charge is 2.37. The normalized spacial score (nSPS) is 16.2.